The Bertz CT molecular complexity index is 536. The number of aromatic nitrogens is 5. The van der Waals surface area contributed by atoms with Crippen molar-refractivity contribution in [1.82, 2.24) is 24.5 Å². The van der Waals surface area contributed by atoms with E-state index in [4.69, 9.17) is 4.52 Å². The fraction of sp³-hybridized carbons (Fsp3) is 0.556. The summed E-state index contributed by atoms with van der Waals surface area (Å²) in [5.74, 6) is 1.21. The highest BCUT2D eigenvalue weighted by atomic mass is 16.5. The van der Waals surface area contributed by atoms with Crippen molar-refractivity contribution in [1.29, 1.82) is 0 Å². The molecule has 0 bridgehead atoms. The third kappa shape index (κ3) is 1.88. The van der Waals surface area contributed by atoms with Gasteiger partial charge in [0.2, 0.25) is 5.89 Å². The van der Waals surface area contributed by atoms with Crippen LogP contribution >= 0.6 is 0 Å². The molecule has 0 atom stereocenters. The molecule has 16 heavy (non-hydrogen) atoms. The molecule has 0 aliphatic rings. The van der Waals surface area contributed by atoms with E-state index >= 15 is 0 Å². The van der Waals surface area contributed by atoms with Crippen LogP contribution in [0, 0.1) is 0 Å². The van der Waals surface area contributed by atoms with E-state index in [9.17, 15) is 4.79 Å². The first-order chi connectivity index (χ1) is 7.58. The van der Waals surface area contributed by atoms with Crippen LogP contribution < -0.4 is 5.69 Å². The van der Waals surface area contributed by atoms with Gasteiger partial charge in [-0.1, -0.05) is 19.0 Å². The minimum Gasteiger partial charge on any atom is -0.339 e. The largest absolute Gasteiger partial charge is 0.345 e. The van der Waals surface area contributed by atoms with E-state index < -0.39 is 0 Å². The molecule has 0 amide bonds. The molecule has 2 rings (SSSR count). The van der Waals surface area contributed by atoms with Crippen LogP contribution in [-0.4, -0.2) is 24.5 Å². The van der Waals surface area contributed by atoms with Gasteiger partial charge in [0.25, 0.3) is 0 Å². The van der Waals surface area contributed by atoms with Gasteiger partial charge in [-0.15, -0.1) is 0 Å². The van der Waals surface area contributed by atoms with Crippen LogP contribution in [0.4, 0.5) is 0 Å². The van der Waals surface area contributed by atoms with Crippen molar-refractivity contribution in [2.24, 2.45) is 7.05 Å². The number of hydrogen-bond acceptors (Lipinski definition) is 5. The lowest BCUT2D eigenvalue weighted by Crippen LogP contribution is -2.23. The second kappa shape index (κ2) is 3.92. The monoisotopic (exact) mass is 223 g/mol. The quantitative estimate of drug-likeness (QED) is 0.739. The first-order valence-electron chi connectivity index (χ1n) is 4.99. The third-order valence-electron chi connectivity index (χ3n) is 2.16. The molecule has 86 valence electrons. The summed E-state index contributed by atoms with van der Waals surface area (Å²) >= 11 is 0. The van der Waals surface area contributed by atoms with Crippen molar-refractivity contribution in [2.75, 3.05) is 0 Å². The molecular formula is C9H13N5O2. The smallest absolute Gasteiger partial charge is 0.339 e. The van der Waals surface area contributed by atoms with Crippen molar-refractivity contribution in [3.63, 3.8) is 0 Å². The van der Waals surface area contributed by atoms with E-state index in [1.807, 2.05) is 13.8 Å². The summed E-state index contributed by atoms with van der Waals surface area (Å²) in [5, 5.41) is 7.70. The molecule has 7 nitrogen and oxygen atoms in total. The van der Waals surface area contributed by atoms with Crippen LogP contribution in [0.25, 0.3) is 0 Å². The van der Waals surface area contributed by atoms with Crippen molar-refractivity contribution in [2.45, 2.75) is 26.3 Å². The molecule has 7 heteroatoms. The van der Waals surface area contributed by atoms with E-state index in [-0.39, 0.29) is 18.2 Å². The predicted molar refractivity (Wildman–Crippen MR) is 55.0 cm³/mol. The summed E-state index contributed by atoms with van der Waals surface area (Å²) < 4.78 is 7.71. The van der Waals surface area contributed by atoms with Gasteiger partial charge in [0.1, 0.15) is 12.9 Å². The van der Waals surface area contributed by atoms with Crippen LogP contribution in [-0.2, 0) is 13.6 Å². The van der Waals surface area contributed by atoms with Crippen molar-refractivity contribution < 1.29 is 4.52 Å². The van der Waals surface area contributed by atoms with Gasteiger partial charge in [-0.2, -0.15) is 10.1 Å². The molecule has 0 aromatic carbocycles. The Morgan fingerprint density at radius 1 is 1.50 bits per heavy atom. The van der Waals surface area contributed by atoms with Gasteiger partial charge in [0.05, 0.1) is 0 Å². The molecule has 0 saturated heterocycles. The summed E-state index contributed by atoms with van der Waals surface area (Å²) in [6.07, 6.45) is 1.45. The molecule has 0 spiro atoms. The second-order valence-corrected chi connectivity index (χ2v) is 3.89. The van der Waals surface area contributed by atoms with E-state index in [1.54, 1.807) is 7.05 Å². The Hall–Kier alpha value is -1.92. The van der Waals surface area contributed by atoms with Crippen LogP contribution in [0.1, 0.15) is 31.5 Å². The topological polar surface area (TPSA) is 78.7 Å². The molecule has 0 radical (unpaired) electrons. The maximum Gasteiger partial charge on any atom is 0.345 e. The van der Waals surface area contributed by atoms with Gasteiger partial charge in [-0.05, 0) is 0 Å². The maximum atomic E-state index is 11.5. The zero-order valence-corrected chi connectivity index (χ0v) is 9.41. The number of aryl methyl sites for hydroxylation is 1. The molecule has 0 aliphatic carbocycles. The zero-order chi connectivity index (χ0) is 11.7. The highest BCUT2D eigenvalue weighted by Crippen LogP contribution is 2.10. The lowest BCUT2D eigenvalue weighted by atomic mass is 10.2. The standard InChI is InChI=1S/C9H13N5O2/c1-6(2)8-11-7(12-16-8)4-14-9(15)13(3)5-10-14/h5-6H,4H2,1-3H3. The molecule has 0 unspecified atom stereocenters. The summed E-state index contributed by atoms with van der Waals surface area (Å²) in [6.45, 7) is 4.16. The first kappa shape index (κ1) is 10.6. The molecular weight excluding hydrogens is 210 g/mol. The summed E-state index contributed by atoms with van der Waals surface area (Å²) in [7, 11) is 1.64. The predicted octanol–water partition coefficient (Wildman–Crippen LogP) is 0.137. The van der Waals surface area contributed by atoms with Crippen LogP contribution in [0.15, 0.2) is 15.6 Å². The molecule has 2 heterocycles. The Kier molecular flexibility index (Phi) is 2.59. The molecule has 2 aromatic rings. The molecule has 0 aliphatic heterocycles. The zero-order valence-electron chi connectivity index (χ0n) is 9.41. The summed E-state index contributed by atoms with van der Waals surface area (Å²) in [4.78, 5) is 15.7. The van der Waals surface area contributed by atoms with Crippen LogP contribution in [0.5, 0.6) is 0 Å². The highest BCUT2D eigenvalue weighted by molar-refractivity contribution is 4.91. The van der Waals surface area contributed by atoms with Crippen molar-refractivity contribution >= 4 is 0 Å². The summed E-state index contributed by atoms with van der Waals surface area (Å²) in [5.41, 5.74) is -0.198. The lowest BCUT2D eigenvalue weighted by Gasteiger charge is -1.93. The van der Waals surface area contributed by atoms with Crippen LogP contribution in [0.2, 0.25) is 0 Å². The number of hydrogen-bond donors (Lipinski definition) is 0. The van der Waals surface area contributed by atoms with Gasteiger partial charge < -0.3 is 4.52 Å². The van der Waals surface area contributed by atoms with Gasteiger partial charge in [0.15, 0.2) is 5.82 Å². The Morgan fingerprint density at radius 2 is 2.25 bits per heavy atom. The van der Waals surface area contributed by atoms with Gasteiger partial charge in [0, 0.05) is 13.0 Å². The van der Waals surface area contributed by atoms with Gasteiger partial charge >= 0.3 is 5.69 Å². The fourth-order valence-electron chi connectivity index (χ4n) is 1.23. The minimum absolute atomic E-state index is 0.182. The van der Waals surface area contributed by atoms with Gasteiger partial charge in [-0.3, -0.25) is 4.57 Å². The van der Waals surface area contributed by atoms with Crippen molar-refractivity contribution in [3.8, 4) is 0 Å². The van der Waals surface area contributed by atoms with Crippen molar-refractivity contribution in [3.05, 3.63) is 28.5 Å². The Labute approximate surface area is 91.7 Å². The van der Waals surface area contributed by atoms with Gasteiger partial charge in [-0.25, -0.2) is 9.48 Å². The number of nitrogens with zero attached hydrogens (tertiary/aromatic N) is 5. The third-order valence-corrected chi connectivity index (χ3v) is 2.16. The van der Waals surface area contributed by atoms with E-state index in [0.29, 0.717) is 11.7 Å². The van der Waals surface area contributed by atoms with E-state index in [1.165, 1.54) is 15.6 Å². The van der Waals surface area contributed by atoms with E-state index in [0.717, 1.165) is 0 Å². The SMILES string of the molecule is CC(C)c1nc(Cn2ncn(C)c2=O)no1. The molecule has 0 fully saturated rings. The fourth-order valence-corrected chi connectivity index (χ4v) is 1.23. The summed E-state index contributed by atoms with van der Waals surface area (Å²) in [6, 6.07) is 0. The lowest BCUT2D eigenvalue weighted by molar-refractivity contribution is 0.359. The van der Waals surface area contributed by atoms with E-state index in [2.05, 4.69) is 15.2 Å². The average molecular weight is 223 g/mol. The first-order valence-corrected chi connectivity index (χ1v) is 4.99. The number of rotatable bonds is 3. The van der Waals surface area contributed by atoms with Crippen LogP contribution in [0.3, 0.4) is 0 Å². The molecule has 2 aromatic heterocycles. The maximum absolute atomic E-state index is 11.5. The minimum atomic E-state index is -0.198. The molecule has 0 N–H and O–H groups in total. The Balaban J connectivity index is 2.21. The highest BCUT2D eigenvalue weighted by Gasteiger charge is 2.11. The molecule has 0 saturated carbocycles. The second-order valence-electron chi connectivity index (χ2n) is 3.89. The normalized spacial score (nSPS) is 11.2. The Morgan fingerprint density at radius 3 is 2.75 bits per heavy atom. The average Bonchev–Trinajstić information content (AvgIpc) is 2.81.